The number of H-pyrrole nitrogens is 1. The number of aliphatic imine (C=N–C) groups is 1. The fraction of sp³-hybridized carbons (Fsp3) is 0.263. The number of rotatable bonds is 8. The zero-order valence-electron chi connectivity index (χ0n) is 16.3. The minimum Gasteiger partial charge on any atom is -0.355 e. The normalized spacial score (nSPS) is 12.1. The Labute approximate surface area is 174 Å². The molecule has 0 amide bonds. The number of hydrogen-bond donors (Lipinski definition) is 3. The van der Waals surface area contributed by atoms with Crippen molar-refractivity contribution in [1.82, 2.24) is 24.9 Å². The number of benzene rings is 1. The van der Waals surface area contributed by atoms with Crippen LogP contribution in [-0.2, 0) is 16.6 Å². The lowest BCUT2D eigenvalue weighted by Crippen LogP contribution is -2.42. The molecule has 3 rings (SSSR count). The van der Waals surface area contributed by atoms with Crippen LogP contribution in [-0.4, -0.2) is 56.4 Å². The van der Waals surface area contributed by atoms with Crippen molar-refractivity contribution in [2.24, 2.45) is 4.99 Å². The van der Waals surface area contributed by atoms with Gasteiger partial charge in [-0.05, 0) is 17.0 Å². The van der Waals surface area contributed by atoms with Gasteiger partial charge in [-0.1, -0.05) is 36.4 Å². The Hall–Kier alpha value is -2.69. The predicted molar refractivity (Wildman–Crippen MR) is 116 cm³/mol. The van der Waals surface area contributed by atoms with Crippen LogP contribution in [0.3, 0.4) is 0 Å². The summed E-state index contributed by atoms with van der Waals surface area (Å²) >= 11 is 1.19. The molecule has 0 aliphatic carbocycles. The molecule has 3 N–H and O–H groups in total. The molecular weight excluding hydrogens is 408 g/mol. The molecule has 29 heavy (non-hydrogen) atoms. The van der Waals surface area contributed by atoms with E-state index in [1.54, 1.807) is 24.6 Å². The molecule has 0 aliphatic heterocycles. The van der Waals surface area contributed by atoms with Crippen molar-refractivity contribution in [1.29, 1.82) is 0 Å². The fourth-order valence-electron chi connectivity index (χ4n) is 2.74. The van der Waals surface area contributed by atoms with E-state index in [1.165, 1.54) is 11.3 Å². The molecule has 0 saturated carbocycles. The third-order valence-electron chi connectivity index (χ3n) is 4.13. The summed E-state index contributed by atoms with van der Waals surface area (Å²) in [6.07, 6.45) is 1.81. The van der Waals surface area contributed by atoms with Gasteiger partial charge < -0.3 is 15.2 Å². The topological polar surface area (TPSA) is 102 Å². The molecule has 1 aromatic carbocycles. The van der Waals surface area contributed by atoms with Crippen LogP contribution in [0.15, 0.2) is 63.2 Å². The van der Waals surface area contributed by atoms with E-state index < -0.39 is 10.0 Å². The average molecular weight is 433 g/mol. The number of aromatic nitrogens is 2. The third kappa shape index (κ3) is 5.66. The Kier molecular flexibility index (Phi) is 7.02. The van der Waals surface area contributed by atoms with E-state index >= 15 is 0 Å². The van der Waals surface area contributed by atoms with Crippen LogP contribution in [0.1, 0.15) is 5.82 Å². The minimum atomic E-state index is -3.45. The maximum Gasteiger partial charge on any atom is 0.250 e. The van der Waals surface area contributed by atoms with Gasteiger partial charge in [-0.2, -0.15) is 0 Å². The smallest absolute Gasteiger partial charge is 0.250 e. The summed E-state index contributed by atoms with van der Waals surface area (Å²) in [7, 11) is 0.131. The number of sulfonamides is 1. The molecular formula is C19H24N6O2S2. The number of nitrogens with zero attached hydrogens (tertiary/aromatic N) is 3. The number of thiophene rings is 1. The van der Waals surface area contributed by atoms with E-state index in [4.69, 9.17) is 0 Å². The molecule has 8 nitrogen and oxygen atoms in total. The molecule has 0 saturated heterocycles. The first-order valence-corrected chi connectivity index (χ1v) is 11.4. The summed E-state index contributed by atoms with van der Waals surface area (Å²) < 4.78 is 27.1. The number of guanidine groups is 1. The Morgan fingerprint density at radius 2 is 2.00 bits per heavy atom. The van der Waals surface area contributed by atoms with Crippen molar-refractivity contribution < 1.29 is 8.42 Å². The maximum atomic E-state index is 12.1. The molecule has 0 atom stereocenters. The van der Waals surface area contributed by atoms with Crippen molar-refractivity contribution in [3.8, 4) is 11.3 Å². The second-order valence-electron chi connectivity index (χ2n) is 6.27. The van der Waals surface area contributed by atoms with E-state index in [9.17, 15) is 8.42 Å². The van der Waals surface area contributed by atoms with Crippen LogP contribution in [0.5, 0.6) is 0 Å². The first-order chi connectivity index (χ1) is 14.0. The van der Waals surface area contributed by atoms with Gasteiger partial charge in [0, 0.05) is 27.2 Å². The maximum absolute atomic E-state index is 12.1. The lowest BCUT2D eigenvalue weighted by atomic mass is 10.2. The van der Waals surface area contributed by atoms with Gasteiger partial charge >= 0.3 is 0 Å². The van der Waals surface area contributed by atoms with Gasteiger partial charge in [-0.15, -0.1) is 11.3 Å². The Bertz CT molecular complexity index is 1030. The van der Waals surface area contributed by atoms with E-state index in [1.807, 2.05) is 48.5 Å². The molecule has 0 unspecified atom stereocenters. The van der Waals surface area contributed by atoms with Gasteiger partial charge in [0.15, 0.2) is 5.96 Å². The van der Waals surface area contributed by atoms with E-state index in [2.05, 4.69) is 25.0 Å². The summed E-state index contributed by atoms with van der Waals surface area (Å²) in [5.41, 5.74) is 2.04. The van der Waals surface area contributed by atoms with Gasteiger partial charge in [0.2, 0.25) is 10.0 Å². The molecule has 0 aliphatic rings. The minimum absolute atomic E-state index is 0.256. The Morgan fingerprint density at radius 1 is 1.21 bits per heavy atom. The SMILES string of the molecule is CN=C(NCCNS(=O)(=O)c1cccs1)N(C)Cc1ncc(-c2ccccc2)[nH]1. The first kappa shape index (κ1) is 21.0. The molecule has 0 bridgehead atoms. The predicted octanol–water partition coefficient (Wildman–Crippen LogP) is 2.12. The lowest BCUT2D eigenvalue weighted by molar-refractivity contribution is 0.464. The highest BCUT2D eigenvalue weighted by Gasteiger charge is 2.14. The summed E-state index contributed by atoms with van der Waals surface area (Å²) in [4.78, 5) is 13.9. The number of imidazole rings is 1. The molecule has 154 valence electrons. The molecule has 2 aromatic heterocycles. The Balaban J connectivity index is 1.49. The van der Waals surface area contributed by atoms with E-state index in [0.717, 1.165) is 17.1 Å². The number of aromatic amines is 1. The van der Waals surface area contributed by atoms with Crippen molar-refractivity contribution >= 4 is 27.3 Å². The van der Waals surface area contributed by atoms with Gasteiger partial charge in [-0.3, -0.25) is 4.99 Å². The van der Waals surface area contributed by atoms with Crippen molar-refractivity contribution in [3.05, 3.63) is 59.9 Å². The summed E-state index contributed by atoms with van der Waals surface area (Å²) in [5, 5.41) is 4.89. The monoisotopic (exact) mass is 432 g/mol. The summed E-state index contributed by atoms with van der Waals surface area (Å²) in [6.45, 7) is 1.20. The van der Waals surface area contributed by atoms with Crippen molar-refractivity contribution in [2.75, 3.05) is 27.2 Å². The molecule has 0 spiro atoms. The van der Waals surface area contributed by atoms with Crippen molar-refractivity contribution in [3.63, 3.8) is 0 Å². The van der Waals surface area contributed by atoms with Crippen LogP contribution >= 0.6 is 11.3 Å². The van der Waals surface area contributed by atoms with Crippen LogP contribution in [0.2, 0.25) is 0 Å². The third-order valence-corrected chi connectivity index (χ3v) is 6.99. The van der Waals surface area contributed by atoms with Gasteiger partial charge in [0.05, 0.1) is 18.4 Å². The zero-order valence-corrected chi connectivity index (χ0v) is 17.9. The molecule has 3 aromatic rings. The van der Waals surface area contributed by atoms with Crippen LogP contribution in [0.4, 0.5) is 0 Å². The van der Waals surface area contributed by atoms with E-state index in [0.29, 0.717) is 23.3 Å². The largest absolute Gasteiger partial charge is 0.355 e. The molecule has 2 heterocycles. The highest BCUT2D eigenvalue weighted by molar-refractivity contribution is 7.91. The lowest BCUT2D eigenvalue weighted by Gasteiger charge is -2.21. The van der Waals surface area contributed by atoms with E-state index in [-0.39, 0.29) is 6.54 Å². The quantitative estimate of drug-likeness (QED) is 0.287. The highest BCUT2D eigenvalue weighted by atomic mass is 32.2. The van der Waals surface area contributed by atoms with Crippen LogP contribution in [0.25, 0.3) is 11.3 Å². The summed E-state index contributed by atoms with van der Waals surface area (Å²) in [5.74, 6) is 1.46. The Morgan fingerprint density at radius 3 is 2.69 bits per heavy atom. The number of nitrogens with one attached hydrogen (secondary N) is 3. The van der Waals surface area contributed by atoms with Gasteiger partial charge in [-0.25, -0.2) is 18.1 Å². The van der Waals surface area contributed by atoms with Crippen LogP contribution in [0, 0.1) is 0 Å². The number of hydrogen-bond acceptors (Lipinski definition) is 5. The summed E-state index contributed by atoms with van der Waals surface area (Å²) in [6, 6.07) is 13.3. The fourth-order valence-corrected chi connectivity index (χ4v) is 4.81. The molecule has 10 heteroatoms. The average Bonchev–Trinajstić information content (AvgIpc) is 3.41. The first-order valence-electron chi connectivity index (χ1n) is 9.04. The standard InChI is InChI=1S/C19H24N6O2S2/c1-20-19(21-10-11-23-29(26,27)18-9-6-12-28-18)25(2)14-17-22-13-16(24-17)15-7-4-3-5-8-15/h3-9,12-13,23H,10-11,14H2,1-2H3,(H,20,21)(H,22,24). The molecule has 0 fully saturated rings. The molecule has 0 radical (unpaired) electrons. The second-order valence-corrected chi connectivity index (χ2v) is 9.21. The van der Waals surface area contributed by atoms with Crippen LogP contribution < -0.4 is 10.0 Å². The second kappa shape index (κ2) is 9.68. The highest BCUT2D eigenvalue weighted by Crippen LogP contribution is 2.16. The van der Waals surface area contributed by atoms with Gasteiger partial charge in [0.1, 0.15) is 10.0 Å². The zero-order chi connectivity index (χ0) is 20.7. The van der Waals surface area contributed by atoms with Gasteiger partial charge in [0.25, 0.3) is 0 Å². The van der Waals surface area contributed by atoms with Crippen molar-refractivity contribution in [2.45, 2.75) is 10.8 Å².